The summed E-state index contributed by atoms with van der Waals surface area (Å²) in [4.78, 5) is 23.6. The Bertz CT molecular complexity index is 607. The number of rotatable bonds is 3. The van der Waals surface area contributed by atoms with Crippen LogP contribution < -0.4 is 5.32 Å². The number of hydrogen-bond acceptors (Lipinski definition) is 6. The molecule has 2 rings (SSSR count). The molecule has 0 aliphatic heterocycles. The summed E-state index contributed by atoms with van der Waals surface area (Å²) >= 11 is 1.04. The van der Waals surface area contributed by atoms with Crippen molar-refractivity contribution >= 4 is 29.1 Å². The van der Waals surface area contributed by atoms with Crippen LogP contribution >= 0.6 is 11.5 Å². The summed E-state index contributed by atoms with van der Waals surface area (Å²) < 4.78 is 8.29. The summed E-state index contributed by atoms with van der Waals surface area (Å²) in [5, 5.41) is 6.48. The molecule has 2 aromatic rings. The summed E-state index contributed by atoms with van der Waals surface area (Å²) in [5.41, 5.74) is 1.61. The van der Waals surface area contributed by atoms with Crippen LogP contribution in [0.4, 0.5) is 5.69 Å². The molecule has 0 radical (unpaired) electrons. The van der Waals surface area contributed by atoms with E-state index in [2.05, 4.69) is 19.6 Å². The molecule has 1 amide bonds. The normalized spacial score (nSPS) is 10.0. The van der Waals surface area contributed by atoms with Gasteiger partial charge in [-0.15, -0.1) is 5.10 Å². The highest BCUT2D eigenvalue weighted by Gasteiger charge is 2.13. The largest absolute Gasteiger partial charge is 0.465 e. The van der Waals surface area contributed by atoms with Crippen LogP contribution in [0.2, 0.25) is 0 Å². The minimum Gasteiger partial charge on any atom is -0.465 e. The van der Waals surface area contributed by atoms with Crippen LogP contribution in [0.5, 0.6) is 0 Å². The number of methoxy groups -OCH3 is 1. The first-order chi connectivity index (χ1) is 9.11. The number of carbonyl (C=O) groups excluding carboxylic acids is 2. The zero-order valence-electron chi connectivity index (χ0n) is 10.3. The Labute approximate surface area is 113 Å². The molecule has 1 heterocycles. The molecule has 1 aromatic heterocycles. The number of ether oxygens (including phenoxy) is 1. The molecule has 0 saturated heterocycles. The van der Waals surface area contributed by atoms with Gasteiger partial charge in [0.05, 0.1) is 18.4 Å². The van der Waals surface area contributed by atoms with Crippen molar-refractivity contribution < 1.29 is 14.3 Å². The summed E-state index contributed by atoms with van der Waals surface area (Å²) in [6.07, 6.45) is 0. The SMILES string of the molecule is COC(=O)c1ccc(NC(=O)c2snnc2C)cc1. The number of carbonyl (C=O) groups is 2. The van der Waals surface area contributed by atoms with Gasteiger partial charge in [0.15, 0.2) is 0 Å². The van der Waals surface area contributed by atoms with Crippen molar-refractivity contribution in [3.8, 4) is 0 Å². The van der Waals surface area contributed by atoms with Gasteiger partial charge in [-0.25, -0.2) is 4.79 Å². The van der Waals surface area contributed by atoms with Gasteiger partial charge in [-0.2, -0.15) is 0 Å². The molecule has 98 valence electrons. The molecule has 0 unspecified atom stereocenters. The van der Waals surface area contributed by atoms with Gasteiger partial charge in [0.2, 0.25) is 0 Å². The second kappa shape index (κ2) is 5.57. The minimum absolute atomic E-state index is 0.265. The van der Waals surface area contributed by atoms with E-state index in [-0.39, 0.29) is 5.91 Å². The fraction of sp³-hybridized carbons (Fsp3) is 0.167. The van der Waals surface area contributed by atoms with Crippen molar-refractivity contribution in [3.05, 3.63) is 40.4 Å². The van der Waals surface area contributed by atoms with E-state index in [4.69, 9.17) is 0 Å². The first kappa shape index (κ1) is 13.2. The molecular weight excluding hydrogens is 266 g/mol. The Hall–Kier alpha value is -2.28. The molecular formula is C12H11N3O3S. The van der Waals surface area contributed by atoms with Gasteiger partial charge in [-0.3, -0.25) is 4.79 Å². The van der Waals surface area contributed by atoms with Crippen LogP contribution in [0.15, 0.2) is 24.3 Å². The Morgan fingerprint density at radius 2 is 1.95 bits per heavy atom. The summed E-state index contributed by atoms with van der Waals surface area (Å²) in [7, 11) is 1.32. The first-order valence-corrected chi connectivity index (χ1v) is 6.18. The molecule has 1 N–H and O–H groups in total. The van der Waals surface area contributed by atoms with Gasteiger partial charge >= 0.3 is 5.97 Å². The molecule has 7 heteroatoms. The van der Waals surface area contributed by atoms with Crippen LogP contribution in [0.25, 0.3) is 0 Å². The van der Waals surface area contributed by atoms with Crippen molar-refractivity contribution in [3.63, 3.8) is 0 Å². The highest BCUT2D eigenvalue weighted by atomic mass is 32.1. The lowest BCUT2D eigenvalue weighted by Crippen LogP contribution is -2.11. The number of aromatic nitrogens is 2. The molecule has 6 nitrogen and oxygen atoms in total. The number of nitrogens with zero attached hydrogens (tertiary/aromatic N) is 2. The number of benzene rings is 1. The van der Waals surface area contributed by atoms with Gasteiger partial charge < -0.3 is 10.1 Å². The lowest BCUT2D eigenvalue weighted by atomic mass is 10.2. The minimum atomic E-state index is -0.416. The second-order valence-corrected chi connectivity index (χ2v) is 4.46. The maximum Gasteiger partial charge on any atom is 0.337 e. The maximum absolute atomic E-state index is 11.9. The van der Waals surface area contributed by atoms with Crippen LogP contribution in [0.3, 0.4) is 0 Å². The Morgan fingerprint density at radius 1 is 1.26 bits per heavy atom. The average Bonchev–Trinajstić information content (AvgIpc) is 2.85. The van der Waals surface area contributed by atoms with E-state index in [1.54, 1.807) is 31.2 Å². The topological polar surface area (TPSA) is 81.2 Å². The van der Waals surface area contributed by atoms with Crippen molar-refractivity contribution in [1.82, 2.24) is 9.59 Å². The molecule has 1 aromatic carbocycles. The smallest absolute Gasteiger partial charge is 0.337 e. The third-order valence-corrected chi connectivity index (χ3v) is 3.25. The number of hydrogen-bond donors (Lipinski definition) is 1. The van der Waals surface area contributed by atoms with Gasteiger partial charge in [-0.05, 0) is 42.7 Å². The summed E-state index contributed by atoms with van der Waals surface area (Å²) in [6.45, 7) is 1.72. The summed E-state index contributed by atoms with van der Waals surface area (Å²) in [5.74, 6) is -0.682. The Kier molecular flexibility index (Phi) is 3.86. The second-order valence-electron chi connectivity index (χ2n) is 3.71. The van der Waals surface area contributed by atoms with Crippen LogP contribution in [0, 0.1) is 6.92 Å². The lowest BCUT2D eigenvalue weighted by Gasteiger charge is -2.04. The number of amides is 1. The highest BCUT2D eigenvalue weighted by molar-refractivity contribution is 7.08. The van der Waals surface area contributed by atoms with Crippen molar-refractivity contribution in [2.45, 2.75) is 6.92 Å². The predicted molar refractivity (Wildman–Crippen MR) is 70.4 cm³/mol. The van der Waals surface area contributed by atoms with Crippen molar-refractivity contribution in [1.29, 1.82) is 0 Å². The van der Waals surface area contributed by atoms with Crippen LogP contribution in [-0.4, -0.2) is 28.6 Å². The van der Waals surface area contributed by atoms with E-state index in [1.165, 1.54) is 7.11 Å². The Balaban J connectivity index is 2.10. The Morgan fingerprint density at radius 3 is 2.47 bits per heavy atom. The first-order valence-electron chi connectivity index (χ1n) is 5.40. The predicted octanol–water partition coefficient (Wildman–Crippen LogP) is 1.89. The molecule has 0 fully saturated rings. The molecule has 0 saturated carbocycles. The fourth-order valence-electron chi connectivity index (χ4n) is 1.44. The van der Waals surface area contributed by atoms with Gasteiger partial charge in [0.1, 0.15) is 4.88 Å². The third-order valence-electron chi connectivity index (χ3n) is 2.42. The molecule has 0 aliphatic carbocycles. The van der Waals surface area contributed by atoms with Gasteiger partial charge in [0, 0.05) is 5.69 Å². The molecule has 0 aliphatic rings. The maximum atomic E-state index is 11.9. The van der Waals surface area contributed by atoms with Gasteiger partial charge in [-0.1, -0.05) is 4.49 Å². The van der Waals surface area contributed by atoms with Crippen LogP contribution in [-0.2, 0) is 4.74 Å². The highest BCUT2D eigenvalue weighted by Crippen LogP contribution is 2.14. The molecule has 0 spiro atoms. The van der Waals surface area contributed by atoms with E-state index in [0.717, 1.165) is 11.5 Å². The zero-order valence-corrected chi connectivity index (χ0v) is 11.2. The van der Waals surface area contributed by atoms with Crippen molar-refractivity contribution in [2.75, 3.05) is 12.4 Å². The standard InChI is InChI=1S/C12H11N3O3S/c1-7-10(19-15-14-7)11(16)13-9-5-3-8(4-6-9)12(17)18-2/h3-6H,1-2H3,(H,13,16). The zero-order chi connectivity index (χ0) is 13.8. The average molecular weight is 277 g/mol. The summed E-state index contributed by atoms with van der Waals surface area (Å²) in [6, 6.07) is 6.43. The monoisotopic (exact) mass is 277 g/mol. The van der Waals surface area contributed by atoms with Gasteiger partial charge in [0.25, 0.3) is 5.91 Å². The van der Waals surface area contributed by atoms with E-state index in [9.17, 15) is 9.59 Å². The molecule has 19 heavy (non-hydrogen) atoms. The third kappa shape index (κ3) is 2.94. The number of nitrogens with one attached hydrogen (secondary N) is 1. The molecule has 0 atom stereocenters. The number of aryl methyl sites for hydroxylation is 1. The van der Waals surface area contributed by atoms with Crippen molar-refractivity contribution in [2.24, 2.45) is 0 Å². The number of esters is 1. The lowest BCUT2D eigenvalue weighted by molar-refractivity contribution is 0.0600. The fourth-order valence-corrected chi connectivity index (χ4v) is 1.99. The van der Waals surface area contributed by atoms with Crippen LogP contribution in [0.1, 0.15) is 25.7 Å². The van der Waals surface area contributed by atoms with E-state index in [0.29, 0.717) is 21.8 Å². The van der Waals surface area contributed by atoms with E-state index >= 15 is 0 Å². The van der Waals surface area contributed by atoms with E-state index < -0.39 is 5.97 Å². The molecule has 0 bridgehead atoms. The quantitative estimate of drug-likeness (QED) is 0.866. The van der Waals surface area contributed by atoms with E-state index in [1.807, 2.05) is 0 Å². The number of anilines is 1.